The molecule has 1 amide bonds. The first kappa shape index (κ1) is 14.0. The summed E-state index contributed by atoms with van der Waals surface area (Å²) in [7, 11) is 0. The van der Waals surface area contributed by atoms with Crippen LogP contribution in [0.3, 0.4) is 0 Å². The standard InChI is InChI=1S/C12H16BrN3O3/c1-3-16-9(11(13)7(2)14-16)6-15-5-8(12(18)19)4-10(15)17/h8H,3-6H2,1-2H3,(H,18,19). The number of aliphatic carboxylic acids is 1. The summed E-state index contributed by atoms with van der Waals surface area (Å²) in [5.74, 6) is -1.61. The van der Waals surface area contributed by atoms with Crippen molar-refractivity contribution < 1.29 is 14.7 Å². The van der Waals surface area contributed by atoms with E-state index in [1.807, 2.05) is 18.5 Å². The first-order valence-corrected chi connectivity index (χ1v) is 6.95. The fourth-order valence-corrected chi connectivity index (χ4v) is 2.70. The second kappa shape index (κ2) is 5.32. The highest BCUT2D eigenvalue weighted by atomic mass is 79.9. The molecule has 1 aromatic heterocycles. The second-order valence-electron chi connectivity index (χ2n) is 4.68. The molecule has 0 bridgehead atoms. The van der Waals surface area contributed by atoms with E-state index in [4.69, 9.17) is 5.11 Å². The van der Waals surface area contributed by atoms with Gasteiger partial charge in [-0.1, -0.05) is 0 Å². The second-order valence-corrected chi connectivity index (χ2v) is 5.47. The molecule has 19 heavy (non-hydrogen) atoms. The molecule has 104 valence electrons. The highest BCUT2D eigenvalue weighted by Crippen LogP contribution is 2.26. The minimum absolute atomic E-state index is 0.0895. The molecule has 2 heterocycles. The predicted molar refractivity (Wildman–Crippen MR) is 71.5 cm³/mol. The zero-order chi connectivity index (χ0) is 14.2. The summed E-state index contributed by atoms with van der Waals surface area (Å²) in [4.78, 5) is 24.4. The van der Waals surface area contributed by atoms with Gasteiger partial charge in [0.15, 0.2) is 0 Å². The Labute approximate surface area is 119 Å². The molecule has 1 aliphatic rings. The van der Waals surface area contributed by atoms with Crippen LogP contribution in [0.4, 0.5) is 0 Å². The number of hydrogen-bond acceptors (Lipinski definition) is 3. The minimum atomic E-state index is -0.907. The number of carboxylic acid groups (broad SMARTS) is 1. The van der Waals surface area contributed by atoms with Crippen molar-refractivity contribution in [3.63, 3.8) is 0 Å². The summed E-state index contributed by atoms with van der Waals surface area (Å²) >= 11 is 3.48. The van der Waals surface area contributed by atoms with E-state index >= 15 is 0 Å². The topological polar surface area (TPSA) is 75.4 Å². The van der Waals surface area contributed by atoms with E-state index in [0.717, 1.165) is 15.9 Å². The largest absolute Gasteiger partial charge is 0.481 e. The third-order valence-electron chi connectivity index (χ3n) is 3.36. The van der Waals surface area contributed by atoms with Gasteiger partial charge in [-0.25, -0.2) is 0 Å². The Bertz CT molecular complexity index is 527. The van der Waals surface area contributed by atoms with Crippen molar-refractivity contribution >= 4 is 27.8 Å². The van der Waals surface area contributed by atoms with Gasteiger partial charge in [0.25, 0.3) is 0 Å². The molecule has 6 nitrogen and oxygen atoms in total. The van der Waals surface area contributed by atoms with E-state index < -0.39 is 11.9 Å². The first-order valence-electron chi connectivity index (χ1n) is 6.16. The molecular weight excluding hydrogens is 314 g/mol. The monoisotopic (exact) mass is 329 g/mol. The van der Waals surface area contributed by atoms with Crippen LogP contribution >= 0.6 is 15.9 Å². The number of rotatable bonds is 4. The third kappa shape index (κ3) is 2.65. The van der Waals surface area contributed by atoms with E-state index in [0.29, 0.717) is 13.1 Å². The van der Waals surface area contributed by atoms with E-state index in [1.54, 1.807) is 4.90 Å². The van der Waals surface area contributed by atoms with E-state index in [9.17, 15) is 9.59 Å². The quantitative estimate of drug-likeness (QED) is 0.906. The van der Waals surface area contributed by atoms with Gasteiger partial charge in [0.1, 0.15) is 0 Å². The van der Waals surface area contributed by atoms with Crippen molar-refractivity contribution in [2.75, 3.05) is 6.54 Å². The molecule has 1 saturated heterocycles. The zero-order valence-electron chi connectivity index (χ0n) is 10.9. The van der Waals surface area contributed by atoms with Gasteiger partial charge in [0, 0.05) is 19.5 Å². The third-order valence-corrected chi connectivity index (χ3v) is 4.39. The van der Waals surface area contributed by atoms with Crippen LogP contribution in [0.25, 0.3) is 0 Å². The van der Waals surface area contributed by atoms with Crippen LogP contribution in [0.2, 0.25) is 0 Å². The normalized spacial score (nSPS) is 19.2. The van der Waals surface area contributed by atoms with Crippen molar-refractivity contribution in [3.05, 3.63) is 15.9 Å². The Hall–Kier alpha value is -1.37. The molecule has 0 aliphatic carbocycles. The molecule has 0 aromatic carbocycles. The summed E-state index contributed by atoms with van der Waals surface area (Å²) in [6.07, 6.45) is 0.0895. The molecule has 2 rings (SSSR count). The number of hydrogen-bond donors (Lipinski definition) is 1. The summed E-state index contributed by atoms with van der Waals surface area (Å²) in [5, 5.41) is 13.3. The molecule has 0 radical (unpaired) electrons. The molecule has 0 saturated carbocycles. The SMILES string of the molecule is CCn1nc(C)c(Br)c1CN1CC(C(=O)O)CC1=O. The summed E-state index contributed by atoms with van der Waals surface area (Å²) in [6, 6.07) is 0. The number of carbonyl (C=O) groups excluding carboxylic acids is 1. The molecule has 1 aromatic rings. The minimum Gasteiger partial charge on any atom is -0.481 e. The zero-order valence-corrected chi connectivity index (χ0v) is 12.5. The highest BCUT2D eigenvalue weighted by molar-refractivity contribution is 9.10. The maximum Gasteiger partial charge on any atom is 0.308 e. The average molecular weight is 330 g/mol. The molecule has 7 heteroatoms. The van der Waals surface area contributed by atoms with Gasteiger partial charge in [-0.3, -0.25) is 14.3 Å². The van der Waals surface area contributed by atoms with E-state index in [2.05, 4.69) is 21.0 Å². The average Bonchev–Trinajstić information content (AvgIpc) is 2.85. The van der Waals surface area contributed by atoms with Crippen LogP contribution in [-0.2, 0) is 22.7 Å². The Morgan fingerprint density at radius 3 is 2.79 bits per heavy atom. The number of likely N-dealkylation sites (tertiary alicyclic amines) is 1. The van der Waals surface area contributed by atoms with Crippen molar-refractivity contribution in [2.24, 2.45) is 5.92 Å². The summed E-state index contributed by atoms with van der Waals surface area (Å²) in [5.41, 5.74) is 1.79. The van der Waals surface area contributed by atoms with Crippen LogP contribution < -0.4 is 0 Å². The fraction of sp³-hybridized carbons (Fsp3) is 0.583. The summed E-state index contributed by atoms with van der Waals surface area (Å²) in [6.45, 7) is 5.26. The van der Waals surface area contributed by atoms with Crippen LogP contribution in [0.15, 0.2) is 4.47 Å². The number of aryl methyl sites for hydroxylation is 2. The van der Waals surface area contributed by atoms with Crippen molar-refractivity contribution in [3.8, 4) is 0 Å². The van der Waals surface area contributed by atoms with Gasteiger partial charge in [0.2, 0.25) is 5.91 Å². The molecule has 1 unspecified atom stereocenters. The smallest absolute Gasteiger partial charge is 0.308 e. The maximum atomic E-state index is 11.8. The number of aromatic nitrogens is 2. The number of carbonyl (C=O) groups is 2. The van der Waals surface area contributed by atoms with Gasteiger partial charge in [-0.05, 0) is 29.8 Å². The van der Waals surface area contributed by atoms with Crippen molar-refractivity contribution in [1.82, 2.24) is 14.7 Å². The van der Waals surface area contributed by atoms with Crippen molar-refractivity contribution in [2.45, 2.75) is 33.4 Å². The Morgan fingerprint density at radius 1 is 1.58 bits per heavy atom. The number of halogens is 1. The van der Waals surface area contributed by atoms with Crippen LogP contribution in [0.5, 0.6) is 0 Å². The number of amides is 1. The molecule has 1 aliphatic heterocycles. The lowest BCUT2D eigenvalue weighted by atomic mass is 10.1. The van der Waals surface area contributed by atoms with Gasteiger partial charge in [-0.15, -0.1) is 0 Å². The number of carboxylic acids is 1. The van der Waals surface area contributed by atoms with Gasteiger partial charge in [0.05, 0.1) is 28.3 Å². The van der Waals surface area contributed by atoms with Crippen molar-refractivity contribution in [1.29, 1.82) is 0 Å². The fourth-order valence-electron chi connectivity index (χ4n) is 2.29. The molecule has 0 spiro atoms. The van der Waals surface area contributed by atoms with Crippen LogP contribution in [0, 0.1) is 12.8 Å². The first-order chi connectivity index (χ1) is 8.93. The lowest BCUT2D eigenvalue weighted by Crippen LogP contribution is -2.27. The predicted octanol–water partition coefficient (Wildman–Crippen LogP) is 1.41. The van der Waals surface area contributed by atoms with Crippen LogP contribution in [0.1, 0.15) is 24.7 Å². The van der Waals surface area contributed by atoms with Gasteiger partial charge < -0.3 is 10.0 Å². The van der Waals surface area contributed by atoms with E-state index in [-0.39, 0.29) is 18.9 Å². The lowest BCUT2D eigenvalue weighted by Gasteiger charge is -2.17. The molecular formula is C12H16BrN3O3. The Morgan fingerprint density at radius 2 is 2.26 bits per heavy atom. The van der Waals surface area contributed by atoms with Crippen LogP contribution in [-0.4, -0.2) is 38.2 Å². The lowest BCUT2D eigenvalue weighted by molar-refractivity contribution is -0.141. The van der Waals surface area contributed by atoms with E-state index in [1.165, 1.54) is 0 Å². The Balaban J connectivity index is 2.18. The maximum absolute atomic E-state index is 11.8. The molecule has 1 fully saturated rings. The Kier molecular flexibility index (Phi) is 3.93. The number of nitrogens with zero attached hydrogens (tertiary/aromatic N) is 3. The summed E-state index contributed by atoms with van der Waals surface area (Å²) < 4.78 is 2.72. The molecule has 1 N–H and O–H groups in total. The molecule has 1 atom stereocenters. The van der Waals surface area contributed by atoms with Gasteiger partial charge in [-0.2, -0.15) is 5.10 Å². The highest BCUT2D eigenvalue weighted by Gasteiger charge is 2.35. The van der Waals surface area contributed by atoms with Gasteiger partial charge >= 0.3 is 5.97 Å².